The van der Waals surface area contributed by atoms with Gasteiger partial charge in [-0.25, -0.2) is 8.42 Å². The van der Waals surface area contributed by atoms with Gasteiger partial charge in [-0.2, -0.15) is 13.1 Å². The number of carbonyl (C=O) groups is 1. The minimum atomic E-state index is -3.78. The number of para-hydroxylation sites is 1. The lowest BCUT2D eigenvalue weighted by atomic mass is 10.1. The minimum Gasteiger partial charge on any atom is -0.434 e. The smallest absolute Gasteiger partial charge is 0.387 e. The van der Waals surface area contributed by atoms with Crippen LogP contribution in [0, 0.1) is 0 Å². The predicted octanol–water partition coefficient (Wildman–Crippen LogP) is 3.41. The number of ether oxygens (including phenoxy) is 2. The Morgan fingerprint density at radius 3 is 2.45 bits per heavy atom. The number of sulfonamides is 1. The lowest BCUT2D eigenvalue weighted by molar-refractivity contribution is -0.0501. The van der Waals surface area contributed by atoms with E-state index in [1.54, 1.807) is 19.9 Å². The highest BCUT2D eigenvalue weighted by atomic mass is 32.2. The summed E-state index contributed by atoms with van der Waals surface area (Å²) in [5, 5.41) is 2.70. The number of benzene rings is 2. The topological polar surface area (TPSA) is 88.2 Å². The quantitative estimate of drug-likeness (QED) is 0.588. The zero-order valence-electron chi connectivity index (χ0n) is 18.5. The van der Waals surface area contributed by atoms with Crippen molar-refractivity contribution in [1.82, 2.24) is 4.31 Å². The molecule has 1 saturated heterocycles. The van der Waals surface area contributed by atoms with Crippen LogP contribution in [0.25, 0.3) is 0 Å². The van der Waals surface area contributed by atoms with Crippen LogP contribution in [-0.2, 0) is 14.8 Å². The highest BCUT2D eigenvalue weighted by molar-refractivity contribution is 7.89. The highest BCUT2D eigenvalue weighted by Crippen LogP contribution is 2.32. The maximum atomic E-state index is 13.0. The molecule has 11 heteroatoms. The van der Waals surface area contributed by atoms with E-state index in [-0.39, 0.29) is 21.9 Å². The Kier molecular flexibility index (Phi) is 8.22. The summed E-state index contributed by atoms with van der Waals surface area (Å²) in [5.41, 5.74) is 0.766. The van der Waals surface area contributed by atoms with Crippen LogP contribution < -0.4 is 15.0 Å². The van der Waals surface area contributed by atoms with Crippen molar-refractivity contribution in [3.8, 4) is 5.75 Å². The molecule has 0 spiro atoms. The second-order valence-electron chi connectivity index (χ2n) is 7.20. The Bertz CT molecular complexity index is 1070. The van der Waals surface area contributed by atoms with Gasteiger partial charge in [0, 0.05) is 26.2 Å². The molecular weight excluding hydrogens is 456 g/mol. The Balaban J connectivity index is 2.02. The number of rotatable bonds is 9. The fourth-order valence-electron chi connectivity index (χ4n) is 3.61. The van der Waals surface area contributed by atoms with Crippen LogP contribution in [-0.4, -0.2) is 64.6 Å². The van der Waals surface area contributed by atoms with Gasteiger partial charge in [0.25, 0.3) is 5.91 Å². The Labute approximate surface area is 192 Å². The fourth-order valence-corrected chi connectivity index (χ4v) is 5.10. The molecule has 2 aromatic rings. The summed E-state index contributed by atoms with van der Waals surface area (Å²) in [6.45, 7) is 3.05. The fraction of sp³-hybridized carbons (Fsp3) is 0.409. The summed E-state index contributed by atoms with van der Waals surface area (Å²) < 4.78 is 62.8. The van der Waals surface area contributed by atoms with Crippen LogP contribution >= 0.6 is 0 Å². The molecule has 0 aliphatic carbocycles. The molecule has 1 amide bonds. The van der Waals surface area contributed by atoms with Crippen molar-refractivity contribution < 1.29 is 31.5 Å². The summed E-state index contributed by atoms with van der Waals surface area (Å²) in [6.07, 6.45) is 0. The number of amides is 1. The molecule has 180 valence electrons. The summed E-state index contributed by atoms with van der Waals surface area (Å²) >= 11 is 0. The standard InChI is InChI=1S/C22H27F2N3O5S/c1-3-27(4-2)33(29,30)16-9-10-19(26-11-13-31-14-12-26)18(15-16)25-21(28)17-7-5-6-8-20(17)32-22(23)24/h5-10,15,22H,3-4,11-14H2,1-2H3,(H,25,28). The van der Waals surface area contributed by atoms with Gasteiger partial charge in [-0.1, -0.05) is 26.0 Å². The molecule has 0 unspecified atom stereocenters. The maximum absolute atomic E-state index is 13.0. The van der Waals surface area contributed by atoms with Crippen molar-refractivity contribution in [3.63, 3.8) is 0 Å². The van der Waals surface area contributed by atoms with Gasteiger partial charge < -0.3 is 19.7 Å². The number of nitrogens with zero attached hydrogens (tertiary/aromatic N) is 2. The third kappa shape index (κ3) is 5.79. The summed E-state index contributed by atoms with van der Waals surface area (Å²) in [7, 11) is -3.78. The number of nitrogens with one attached hydrogen (secondary N) is 1. The predicted molar refractivity (Wildman–Crippen MR) is 121 cm³/mol. The molecule has 1 heterocycles. The molecule has 8 nitrogen and oxygen atoms in total. The van der Waals surface area contributed by atoms with Crippen LogP contribution in [0.2, 0.25) is 0 Å². The van der Waals surface area contributed by atoms with E-state index >= 15 is 0 Å². The van der Waals surface area contributed by atoms with Crippen molar-refractivity contribution in [2.45, 2.75) is 25.4 Å². The normalized spacial score (nSPS) is 14.5. The average molecular weight is 484 g/mol. The number of morpholine rings is 1. The van der Waals surface area contributed by atoms with Gasteiger partial charge in [0.2, 0.25) is 10.0 Å². The molecule has 33 heavy (non-hydrogen) atoms. The minimum absolute atomic E-state index is 0.0237. The lowest BCUT2D eigenvalue weighted by Gasteiger charge is -2.31. The molecule has 1 aliphatic rings. The molecule has 1 N–H and O–H groups in total. The number of hydrogen-bond acceptors (Lipinski definition) is 6. The zero-order valence-corrected chi connectivity index (χ0v) is 19.3. The molecule has 2 aromatic carbocycles. The second kappa shape index (κ2) is 10.9. The summed E-state index contributed by atoms with van der Waals surface area (Å²) in [4.78, 5) is 15.0. The van der Waals surface area contributed by atoms with Crippen LogP contribution in [0.1, 0.15) is 24.2 Å². The molecule has 0 aromatic heterocycles. The van der Waals surface area contributed by atoms with Crippen molar-refractivity contribution >= 4 is 27.3 Å². The first-order valence-corrected chi connectivity index (χ1v) is 12.0. The average Bonchev–Trinajstić information content (AvgIpc) is 2.80. The SMILES string of the molecule is CCN(CC)S(=O)(=O)c1ccc(N2CCOCC2)c(NC(=O)c2ccccc2OC(F)F)c1. The van der Waals surface area contributed by atoms with Gasteiger partial charge in [-0.15, -0.1) is 0 Å². The van der Waals surface area contributed by atoms with E-state index in [2.05, 4.69) is 10.1 Å². The maximum Gasteiger partial charge on any atom is 0.387 e. The van der Waals surface area contributed by atoms with Gasteiger partial charge >= 0.3 is 6.61 Å². The third-order valence-electron chi connectivity index (χ3n) is 5.26. The Hall–Kier alpha value is -2.76. The Morgan fingerprint density at radius 1 is 1.15 bits per heavy atom. The molecular formula is C22H27F2N3O5S. The zero-order chi connectivity index (χ0) is 24.0. The van der Waals surface area contributed by atoms with Crippen molar-refractivity contribution in [1.29, 1.82) is 0 Å². The van der Waals surface area contributed by atoms with E-state index in [0.29, 0.717) is 45.1 Å². The van der Waals surface area contributed by atoms with E-state index < -0.39 is 22.5 Å². The molecule has 0 radical (unpaired) electrons. The first-order valence-electron chi connectivity index (χ1n) is 10.6. The number of anilines is 2. The van der Waals surface area contributed by atoms with Gasteiger partial charge in [-0.3, -0.25) is 4.79 Å². The number of halogens is 2. The first-order chi connectivity index (χ1) is 15.8. The lowest BCUT2D eigenvalue weighted by Crippen LogP contribution is -2.37. The molecule has 0 bridgehead atoms. The molecule has 0 atom stereocenters. The number of hydrogen-bond donors (Lipinski definition) is 1. The van der Waals surface area contributed by atoms with Crippen molar-refractivity contribution in [2.75, 3.05) is 49.6 Å². The first kappa shape index (κ1) is 24.9. The van der Waals surface area contributed by atoms with Gasteiger partial charge in [-0.05, 0) is 30.3 Å². The van der Waals surface area contributed by atoms with Crippen molar-refractivity contribution in [3.05, 3.63) is 48.0 Å². The molecule has 1 fully saturated rings. The number of carbonyl (C=O) groups excluding carboxylic acids is 1. The summed E-state index contributed by atoms with van der Waals surface area (Å²) in [6, 6.07) is 10.2. The molecule has 1 aliphatic heterocycles. The van der Waals surface area contributed by atoms with Gasteiger partial charge in [0.1, 0.15) is 5.75 Å². The summed E-state index contributed by atoms with van der Waals surface area (Å²) in [5.74, 6) is -0.969. The van der Waals surface area contributed by atoms with Crippen LogP contribution in [0.4, 0.5) is 20.2 Å². The van der Waals surface area contributed by atoms with E-state index in [0.717, 1.165) is 0 Å². The van der Waals surface area contributed by atoms with E-state index in [1.165, 1.54) is 40.7 Å². The third-order valence-corrected chi connectivity index (χ3v) is 7.30. The molecule has 0 saturated carbocycles. The largest absolute Gasteiger partial charge is 0.434 e. The van der Waals surface area contributed by atoms with E-state index in [4.69, 9.17) is 4.74 Å². The van der Waals surface area contributed by atoms with Gasteiger partial charge in [0.05, 0.1) is 35.0 Å². The molecule has 3 rings (SSSR count). The van der Waals surface area contributed by atoms with E-state index in [1.807, 2.05) is 4.90 Å². The van der Waals surface area contributed by atoms with Crippen LogP contribution in [0.5, 0.6) is 5.75 Å². The van der Waals surface area contributed by atoms with Gasteiger partial charge in [0.15, 0.2) is 0 Å². The van der Waals surface area contributed by atoms with E-state index in [9.17, 15) is 22.0 Å². The number of alkyl halides is 2. The second-order valence-corrected chi connectivity index (χ2v) is 9.13. The Morgan fingerprint density at radius 2 is 1.82 bits per heavy atom. The van der Waals surface area contributed by atoms with Crippen molar-refractivity contribution in [2.24, 2.45) is 0 Å². The monoisotopic (exact) mass is 483 g/mol. The van der Waals surface area contributed by atoms with Crippen LogP contribution in [0.3, 0.4) is 0 Å². The van der Waals surface area contributed by atoms with Crippen LogP contribution in [0.15, 0.2) is 47.4 Å². The highest BCUT2D eigenvalue weighted by Gasteiger charge is 2.25.